The van der Waals surface area contributed by atoms with Crippen molar-refractivity contribution in [3.8, 4) is 17.3 Å². The number of rotatable bonds is 7. The molecule has 0 spiro atoms. The number of nitrogens with one attached hydrogen (secondary N) is 1. The number of amides is 1. The summed E-state index contributed by atoms with van der Waals surface area (Å²) in [5, 5.41) is 18.9. The summed E-state index contributed by atoms with van der Waals surface area (Å²) in [6.45, 7) is 1.61. The fourth-order valence-corrected chi connectivity index (χ4v) is 6.66. The second-order valence-electron chi connectivity index (χ2n) is 10.4. The number of hydrogen-bond donors (Lipinski definition) is 2. The molecule has 1 amide bonds. The standard InChI is InChI=1S/C25H28N8O5/c1-12-21(33(32-28-12)23-22(26)30-38-31-23)24(34)29-27-11-13-3-4-18(19(10-13)36-2)37-25(35)20-16-6-14-5-15(8-16)9-17(20)7-14/h3-4,10-11,14-17,20H,5-9H2,1-2H3,(H2,26,30)(H,29,34). The zero-order valence-electron chi connectivity index (χ0n) is 21.0. The number of nitrogens with zero attached hydrogens (tertiary/aromatic N) is 6. The Bertz CT molecular complexity index is 1380. The van der Waals surface area contributed by atoms with E-state index in [0.717, 1.165) is 42.2 Å². The number of aryl methyl sites for hydroxylation is 1. The Labute approximate surface area is 217 Å². The third-order valence-electron chi connectivity index (χ3n) is 8.03. The maximum Gasteiger partial charge on any atom is 0.315 e. The van der Waals surface area contributed by atoms with Crippen LogP contribution in [0.15, 0.2) is 27.9 Å². The highest BCUT2D eigenvalue weighted by molar-refractivity contribution is 5.95. The third kappa shape index (κ3) is 4.27. The molecule has 0 aliphatic heterocycles. The fraction of sp³-hybridized carbons (Fsp3) is 0.480. The van der Waals surface area contributed by atoms with Gasteiger partial charge in [-0.3, -0.25) is 9.59 Å². The number of benzene rings is 1. The highest BCUT2D eigenvalue weighted by atomic mass is 16.6. The summed E-state index contributed by atoms with van der Waals surface area (Å²) in [6.07, 6.45) is 7.35. The van der Waals surface area contributed by atoms with Crippen molar-refractivity contribution in [2.45, 2.75) is 39.0 Å². The van der Waals surface area contributed by atoms with Crippen LogP contribution in [-0.2, 0) is 4.79 Å². The Morgan fingerprint density at radius 2 is 1.87 bits per heavy atom. The lowest BCUT2D eigenvalue weighted by atomic mass is 9.52. The smallest absolute Gasteiger partial charge is 0.315 e. The molecule has 3 aromatic rings. The summed E-state index contributed by atoms with van der Waals surface area (Å²) in [4.78, 5) is 26.0. The van der Waals surface area contributed by atoms with Crippen molar-refractivity contribution in [2.24, 2.45) is 34.7 Å². The lowest BCUT2D eigenvalue weighted by Crippen LogP contribution is -2.49. The fourth-order valence-electron chi connectivity index (χ4n) is 6.66. The molecule has 4 bridgehead atoms. The van der Waals surface area contributed by atoms with Crippen LogP contribution in [-0.4, -0.2) is 50.5 Å². The number of aromatic nitrogens is 5. The van der Waals surface area contributed by atoms with Crippen molar-refractivity contribution in [3.05, 3.63) is 35.2 Å². The molecule has 2 heterocycles. The monoisotopic (exact) mass is 520 g/mol. The number of methoxy groups -OCH3 is 1. The first-order valence-corrected chi connectivity index (χ1v) is 12.6. The molecule has 0 unspecified atom stereocenters. The summed E-state index contributed by atoms with van der Waals surface area (Å²) >= 11 is 0. The summed E-state index contributed by atoms with van der Waals surface area (Å²) in [5.41, 5.74) is 9.19. The second-order valence-corrected chi connectivity index (χ2v) is 10.4. The molecule has 2 aromatic heterocycles. The molecule has 4 saturated carbocycles. The Morgan fingerprint density at radius 3 is 2.53 bits per heavy atom. The minimum Gasteiger partial charge on any atom is -0.493 e. The van der Waals surface area contributed by atoms with E-state index in [1.807, 2.05) is 0 Å². The van der Waals surface area contributed by atoms with Gasteiger partial charge < -0.3 is 15.2 Å². The van der Waals surface area contributed by atoms with E-state index >= 15 is 0 Å². The minimum absolute atomic E-state index is 0.0290. The Kier molecular flexibility index (Phi) is 6.04. The van der Waals surface area contributed by atoms with Gasteiger partial charge in [-0.25, -0.2) is 10.1 Å². The zero-order valence-corrected chi connectivity index (χ0v) is 21.0. The van der Waals surface area contributed by atoms with Gasteiger partial charge in [-0.2, -0.15) is 9.78 Å². The van der Waals surface area contributed by atoms with Crippen LogP contribution in [0.25, 0.3) is 5.82 Å². The predicted molar refractivity (Wildman–Crippen MR) is 133 cm³/mol. The van der Waals surface area contributed by atoms with E-state index in [1.54, 1.807) is 25.1 Å². The average Bonchev–Trinajstić information content (AvgIpc) is 3.48. The van der Waals surface area contributed by atoms with Crippen LogP contribution in [0.1, 0.15) is 53.8 Å². The molecule has 13 nitrogen and oxygen atoms in total. The van der Waals surface area contributed by atoms with Crippen molar-refractivity contribution >= 4 is 23.9 Å². The van der Waals surface area contributed by atoms with Gasteiger partial charge in [0.15, 0.2) is 17.2 Å². The van der Waals surface area contributed by atoms with Crippen molar-refractivity contribution < 1.29 is 23.7 Å². The van der Waals surface area contributed by atoms with Gasteiger partial charge in [0.05, 0.1) is 24.9 Å². The minimum atomic E-state index is -0.584. The van der Waals surface area contributed by atoms with E-state index in [9.17, 15) is 9.59 Å². The van der Waals surface area contributed by atoms with Crippen LogP contribution in [0, 0.1) is 36.5 Å². The second kappa shape index (κ2) is 9.54. The van der Waals surface area contributed by atoms with E-state index in [0.29, 0.717) is 34.6 Å². The highest BCUT2D eigenvalue weighted by Crippen LogP contribution is 2.56. The number of ether oxygens (including phenoxy) is 2. The van der Waals surface area contributed by atoms with Crippen LogP contribution in [0.5, 0.6) is 11.5 Å². The molecule has 4 fully saturated rings. The molecule has 4 aliphatic carbocycles. The normalized spacial score (nSPS) is 25.6. The van der Waals surface area contributed by atoms with Crippen LogP contribution < -0.4 is 20.6 Å². The van der Waals surface area contributed by atoms with E-state index in [-0.39, 0.29) is 29.2 Å². The van der Waals surface area contributed by atoms with Gasteiger partial charge in [0, 0.05) is 0 Å². The lowest BCUT2D eigenvalue weighted by Gasteiger charge is -2.53. The largest absolute Gasteiger partial charge is 0.493 e. The van der Waals surface area contributed by atoms with Crippen molar-refractivity contribution in [3.63, 3.8) is 0 Å². The summed E-state index contributed by atoms with van der Waals surface area (Å²) < 4.78 is 17.0. The van der Waals surface area contributed by atoms with Gasteiger partial charge in [0.1, 0.15) is 0 Å². The van der Waals surface area contributed by atoms with Gasteiger partial charge in [-0.1, -0.05) is 5.21 Å². The van der Waals surface area contributed by atoms with Gasteiger partial charge >= 0.3 is 5.97 Å². The summed E-state index contributed by atoms with van der Waals surface area (Å²) in [6, 6.07) is 5.10. The SMILES string of the molecule is COc1cc(C=NNC(=O)c2c(C)nnn2-c2nonc2N)ccc1OC(=O)C1C2CC3CC(C2)CC1C3. The molecular weight excluding hydrogens is 492 g/mol. The van der Waals surface area contributed by atoms with Gasteiger partial charge in [0.2, 0.25) is 11.6 Å². The van der Waals surface area contributed by atoms with E-state index in [2.05, 4.69) is 35.8 Å². The maximum absolute atomic E-state index is 13.2. The highest BCUT2D eigenvalue weighted by Gasteiger charge is 2.51. The molecule has 0 atom stereocenters. The van der Waals surface area contributed by atoms with Crippen LogP contribution >= 0.6 is 0 Å². The average molecular weight is 521 g/mol. The summed E-state index contributed by atoms with van der Waals surface area (Å²) in [7, 11) is 1.51. The molecule has 13 heteroatoms. The van der Waals surface area contributed by atoms with Crippen LogP contribution in [0.4, 0.5) is 5.82 Å². The number of hydrogen-bond acceptors (Lipinski definition) is 11. The molecule has 0 saturated heterocycles. The molecule has 3 N–H and O–H groups in total. The third-order valence-corrected chi connectivity index (χ3v) is 8.03. The molecule has 1 aromatic carbocycles. The number of nitrogens with two attached hydrogens (primary N) is 1. The van der Waals surface area contributed by atoms with Gasteiger partial charge in [0.25, 0.3) is 5.91 Å². The zero-order chi connectivity index (χ0) is 26.4. The van der Waals surface area contributed by atoms with E-state index in [1.165, 1.54) is 19.7 Å². The number of carbonyl (C=O) groups excluding carboxylic acids is 2. The number of nitrogen functional groups attached to an aromatic ring is 1. The van der Waals surface area contributed by atoms with Crippen LogP contribution in [0.3, 0.4) is 0 Å². The number of carbonyl (C=O) groups is 2. The first kappa shape index (κ1) is 24.1. The predicted octanol–water partition coefficient (Wildman–Crippen LogP) is 2.29. The molecule has 38 heavy (non-hydrogen) atoms. The maximum atomic E-state index is 13.2. The van der Waals surface area contributed by atoms with Gasteiger partial charge in [-0.05, 0) is 96.8 Å². The quantitative estimate of drug-likeness (QED) is 0.204. The van der Waals surface area contributed by atoms with Crippen molar-refractivity contribution in [1.29, 1.82) is 0 Å². The topological polar surface area (TPSA) is 173 Å². The Morgan fingerprint density at radius 1 is 1.13 bits per heavy atom. The molecule has 4 aliphatic rings. The Hall–Kier alpha value is -4.29. The number of esters is 1. The lowest BCUT2D eigenvalue weighted by molar-refractivity contribution is -0.152. The molecule has 198 valence electrons. The van der Waals surface area contributed by atoms with Gasteiger partial charge in [-0.15, -0.1) is 5.10 Å². The van der Waals surface area contributed by atoms with E-state index < -0.39 is 5.91 Å². The Balaban J connectivity index is 1.12. The number of anilines is 1. The van der Waals surface area contributed by atoms with E-state index in [4.69, 9.17) is 15.2 Å². The molecule has 0 radical (unpaired) electrons. The van der Waals surface area contributed by atoms with Crippen molar-refractivity contribution in [2.75, 3.05) is 12.8 Å². The van der Waals surface area contributed by atoms with Crippen LogP contribution in [0.2, 0.25) is 0 Å². The van der Waals surface area contributed by atoms with Crippen molar-refractivity contribution in [1.82, 2.24) is 30.7 Å². The summed E-state index contributed by atoms with van der Waals surface area (Å²) in [5.74, 6) is 2.46. The molecular formula is C25H28N8O5. The number of hydrazone groups is 1. The molecule has 7 rings (SSSR count). The first-order valence-electron chi connectivity index (χ1n) is 12.6. The first-order chi connectivity index (χ1) is 18.4.